The van der Waals surface area contributed by atoms with Gasteiger partial charge in [-0.3, -0.25) is 19.7 Å². The topological polar surface area (TPSA) is 88.2 Å². The van der Waals surface area contributed by atoms with E-state index in [0.717, 1.165) is 77.7 Å². The molecule has 1 aromatic rings. The number of carbonyl (C=O) groups is 3. The summed E-state index contributed by atoms with van der Waals surface area (Å²) in [6.45, 7) is 11.0. The first-order valence-electron chi connectivity index (χ1n) is 14.8. The minimum absolute atomic E-state index is 0.0696. The summed E-state index contributed by atoms with van der Waals surface area (Å²) in [5.74, 6) is -0.0106. The lowest BCUT2D eigenvalue weighted by molar-refractivity contribution is -0.136. The van der Waals surface area contributed by atoms with Gasteiger partial charge in [-0.15, -0.1) is 0 Å². The third kappa shape index (κ3) is 5.69. The van der Waals surface area contributed by atoms with Crippen molar-refractivity contribution in [3.8, 4) is 0 Å². The number of carbonyl (C=O) groups excluding carboxylic acids is 3. The summed E-state index contributed by atoms with van der Waals surface area (Å²) in [5.41, 5.74) is 1.25. The van der Waals surface area contributed by atoms with Gasteiger partial charge in [-0.2, -0.15) is 0 Å². The van der Waals surface area contributed by atoms with Gasteiger partial charge >= 0.3 is 0 Å². The second-order valence-corrected chi connectivity index (χ2v) is 12.0. The SMILES string of the molecule is O=C1CCC(N2Cc3c(ccc(N4CCC(CN5CCN(CC6CCNCC6)CC5)CC4)c3F)C2=O)C(=O)N1. The lowest BCUT2D eigenvalue weighted by Crippen LogP contribution is -2.52. The van der Waals surface area contributed by atoms with E-state index in [1.165, 1.54) is 24.3 Å². The quantitative estimate of drug-likeness (QED) is 0.528. The number of fused-ring (bicyclic) bond motifs is 1. The van der Waals surface area contributed by atoms with Crippen LogP contribution in [0.25, 0.3) is 0 Å². The lowest BCUT2D eigenvalue weighted by Gasteiger charge is -2.40. The summed E-state index contributed by atoms with van der Waals surface area (Å²) >= 11 is 0. The molecule has 4 fully saturated rings. The molecule has 0 spiro atoms. The number of nitrogens with one attached hydrogen (secondary N) is 2. The molecule has 212 valence electrons. The molecule has 6 rings (SSSR count). The summed E-state index contributed by atoms with van der Waals surface area (Å²) in [5, 5.41) is 5.76. The first-order valence-corrected chi connectivity index (χ1v) is 14.8. The van der Waals surface area contributed by atoms with E-state index in [0.29, 0.717) is 22.7 Å². The summed E-state index contributed by atoms with van der Waals surface area (Å²) in [6, 6.07) is 2.70. The van der Waals surface area contributed by atoms with Gasteiger partial charge in [0.05, 0.1) is 12.2 Å². The van der Waals surface area contributed by atoms with Crippen molar-refractivity contribution in [2.45, 2.75) is 51.1 Å². The molecule has 1 unspecified atom stereocenters. The number of anilines is 1. The van der Waals surface area contributed by atoms with E-state index in [1.807, 2.05) is 0 Å². The molecule has 5 aliphatic rings. The van der Waals surface area contributed by atoms with Crippen molar-refractivity contribution in [3.63, 3.8) is 0 Å². The van der Waals surface area contributed by atoms with E-state index in [4.69, 9.17) is 0 Å². The Hall–Kier alpha value is -2.56. The van der Waals surface area contributed by atoms with Crippen LogP contribution in [0.1, 0.15) is 54.4 Å². The highest BCUT2D eigenvalue weighted by Crippen LogP contribution is 2.35. The van der Waals surface area contributed by atoms with Gasteiger partial charge in [0.1, 0.15) is 6.04 Å². The molecule has 39 heavy (non-hydrogen) atoms. The molecule has 0 aromatic heterocycles. The molecule has 1 aromatic carbocycles. The lowest BCUT2D eigenvalue weighted by atomic mass is 9.94. The smallest absolute Gasteiger partial charge is 0.255 e. The Morgan fingerprint density at radius 3 is 2.10 bits per heavy atom. The molecule has 1 atom stereocenters. The number of piperidine rings is 3. The maximum Gasteiger partial charge on any atom is 0.255 e. The summed E-state index contributed by atoms with van der Waals surface area (Å²) in [4.78, 5) is 45.6. The third-order valence-electron chi connectivity index (χ3n) is 9.54. The van der Waals surface area contributed by atoms with Crippen LogP contribution in [0, 0.1) is 17.7 Å². The van der Waals surface area contributed by atoms with Crippen molar-refractivity contribution < 1.29 is 18.8 Å². The Balaban J connectivity index is 0.997. The van der Waals surface area contributed by atoms with Crippen LogP contribution in [-0.4, -0.2) is 104 Å². The number of amides is 3. The maximum absolute atomic E-state index is 15.7. The highest BCUT2D eigenvalue weighted by atomic mass is 19.1. The van der Waals surface area contributed by atoms with Crippen molar-refractivity contribution in [2.24, 2.45) is 11.8 Å². The van der Waals surface area contributed by atoms with Crippen LogP contribution in [0.4, 0.5) is 10.1 Å². The highest BCUT2D eigenvalue weighted by Gasteiger charge is 2.41. The molecule has 5 aliphatic heterocycles. The molecule has 5 heterocycles. The van der Waals surface area contributed by atoms with Crippen LogP contribution in [0.2, 0.25) is 0 Å². The van der Waals surface area contributed by atoms with Crippen LogP contribution >= 0.6 is 0 Å². The maximum atomic E-state index is 15.7. The van der Waals surface area contributed by atoms with Gasteiger partial charge in [0, 0.05) is 69.9 Å². The van der Waals surface area contributed by atoms with Crippen molar-refractivity contribution in [3.05, 3.63) is 29.1 Å². The molecular weight excluding hydrogens is 499 g/mol. The van der Waals surface area contributed by atoms with E-state index in [2.05, 4.69) is 25.3 Å². The van der Waals surface area contributed by atoms with Crippen LogP contribution in [0.15, 0.2) is 12.1 Å². The Morgan fingerprint density at radius 1 is 0.821 bits per heavy atom. The molecule has 2 N–H and O–H groups in total. The predicted molar refractivity (Wildman–Crippen MR) is 146 cm³/mol. The second-order valence-electron chi connectivity index (χ2n) is 12.0. The summed E-state index contributed by atoms with van der Waals surface area (Å²) < 4.78 is 15.7. The molecule has 0 bridgehead atoms. The number of imide groups is 1. The van der Waals surface area contributed by atoms with E-state index in [9.17, 15) is 14.4 Å². The van der Waals surface area contributed by atoms with Crippen LogP contribution in [-0.2, 0) is 16.1 Å². The van der Waals surface area contributed by atoms with Crippen LogP contribution in [0.3, 0.4) is 0 Å². The number of hydrogen-bond acceptors (Lipinski definition) is 7. The number of hydrogen-bond donors (Lipinski definition) is 2. The first kappa shape index (κ1) is 26.7. The van der Waals surface area contributed by atoms with Gasteiger partial charge in [-0.25, -0.2) is 4.39 Å². The molecule has 0 saturated carbocycles. The van der Waals surface area contributed by atoms with Crippen molar-refractivity contribution in [1.29, 1.82) is 0 Å². The fourth-order valence-corrected chi connectivity index (χ4v) is 7.14. The van der Waals surface area contributed by atoms with Crippen molar-refractivity contribution >= 4 is 23.4 Å². The van der Waals surface area contributed by atoms with E-state index in [1.54, 1.807) is 12.1 Å². The second kappa shape index (κ2) is 11.5. The predicted octanol–water partition coefficient (Wildman–Crippen LogP) is 1.42. The van der Waals surface area contributed by atoms with Gasteiger partial charge in [-0.05, 0) is 69.2 Å². The van der Waals surface area contributed by atoms with Crippen LogP contribution in [0.5, 0.6) is 0 Å². The number of rotatable bonds is 6. The fourth-order valence-electron chi connectivity index (χ4n) is 7.14. The number of halogens is 1. The summed E-state index contributed by atoms with van der Waals surface area (Å²) in [6.07, 6.45) is 5.14. The zero-order valence-electron chi connectivity index (χ0n) is 22.8. The van der Waals surface area contributed by atoms with E-state index >= 15 is 4.39 Å². The van der Waals surface area contributed by atoms with Gasteiger partial charge < -0.3 is 24.9 Å². The molecule has 9 nitrogen and oxygen atoms in total. The van der Waals surface area contributed by atoms with Crippen molar-refractivity contribution in [2.75, 3.05) is 70.3 Å². The van der Waals surface area contributed by atoms with Crippen LogP contribution < -0.4 is 15.5 Å². The largest absolute Gasteiger partial charge is 0.369 e. The average molecular weight is 541 g/mol. The molecular formula is C29H41FN6O3. The molecule has 4 saturated heterocycles. The third-order valence-corrected chi connectivity index (χ3v) is 9.54. The van der Waals surface area contributed by atoms with Crippen molar-refractivity contribution in [1.82, 2.24) is 25.3 Å². The van der Waals surface area contributed by atoms with Gasteiger partial charge in [0.15, 0.2) is 5.82 Å². The fraction of sp³-hybridized carbons (Fsp3) is 0.690. The Bertz CT molecular complexity index is 1090. The number of benzene rings is 1. The molecule has 0 radical (unpaired) electrons. The minimum atomic E-state index is -0.729. The molecule has 0 aliphatic carbocycles. The van der Waals surface area contributed by atoms with Gasteiger partial charge in [0.25, 0.3) is 5.91 Å². The molecule has 3 amide bonds. The normalized spacial score (nSPS) is 26.3. The highest BCUT2D eigenvalue weighted by molar-refractivity contribution is 6.05. The Kier molecular flexibility index (Phi) is 7.86. The zero-order valence-corrected chi connectivity index (χ0v) is 22.8. The Morgan fingerprint density at radius 2 is 1.46 bits per heavy atom. The van der Waals surface area contributed by atoms with Gasteiger partial charge in [-0.1, -0.05) is 0 Å². The Labute approximate surface area is 230 Å². The standard InChI is InChI=1S/C29H41FN6O3/c30-27-23-19-36(25-3-4-26(37)32-28(25)38)29(39)22(23)1-2-24(27)35-11-7-21(8-12-35)18-34-15-13-33(14-16-34)17-20-5-9-31-10-6-20/h1-2,20-21,25,31H,3-19H2,(H,32,37,38). The van der Waals surface area contributed by atoms with Gasteiger partial charge in [0.2, 0.25) is 11.8 Å². The summed E-state index contributed by atoms with van der Waals surface area (Å²) in [7, 11) is 0. The number of piperazine rings is 1. The molecule has 10 heteroatoms. The average Bonchev–Trinajstić information content (AvgIpc) is 3.28. The number of nitrogens with zero attached hydrogens (tertiary/aromatic N) is 4. The van der Waals surface area contributed by atoms with E-state index < -0.39 is 11.9 Å². The minimum Gasteiger partial charge on any atom is -0.369 e. The zero-order chi connectivity index (χ0) is 26.9. The first-order chi connectivity index (χ1) is 19.0. The van der Waals surface area contributed by atoms with E-state index in [-0.39, 0.29) is 37.0 Å². The monoisotopic (exact) mass is 540 g/mol.